The lowest BCUT2D eigenvalue weighted by molar-refractivity contribution is 0.873. The van der Waals surface area contributed by atoms with Crippen LogP contribution in [-0.2, 0) is 0 Å². The summed E-state index contributed by atoms with van der Waals surface area (Å²) < 4.78 is 0. The molecule has 0 amide bonds. The van der Waals surface area contributed by atoms with Crippen molar-refractivity contribution in [3.05, 3.63) is 76.4 Å². The van der Waals surface area contributed by atoms with Crippen molar-refractivity contribution >= 4 is 40.7 Å². The lowest BCUT2D eigenvalue weighted by atomic mass is 10.1. The minimum Gasteiger partial charge on any atom is -0.363 e. The zero-order chi connectivity index (χ0) is 16.9. The molecule has 0 bridgehead atoms. The van der Waals surface area contributed by atoms with E-state index >= 15 is 0 Å². The highest BCUT2D eigenvalue weighted by Gasteiger charge is 2.08. The molecule has 1 aromatic heterocycles. The van der Waals surface area contributed by atoms with Crippen LogP contribution in [0.4, 0.5) is 17.5 Å². The van der Waals surface area contributed by atoms with Crippen molar-refractivity contribution in [2.24, 2.45) is 0 Å². The number of nitrogens with one attached hydrogen (secondary N) is 2. The van der Waals surface area contributed by atoms with Gasteiger partial charge in [0.05, 0.1) is 10.7 Å². The number of halogens is 2. The van der Waals surface area contributed by atoms with E-state index in [0.29, 0.717) is 21.7 Å². The molecule has 0 saturated carbocycles. The predicted octanol–water partition coefficient (Wildman–Crippen LogP) is 5.70. The Hall–Kier alpha value is -2.30. The first-order valence-electron chi connectivity index (χ1n) is 7.48. The van der Waals surface area contributed by atoms with Gasteiger partial charge in [0.15, 0.2) is 0 Å². The van der Waals surface area contributed by atoms with Crippen LogP contribution in [0.5, 0.6) is 0 Å². The maximum Gasteiger partial charge on any atom is 0.229 e. The molecule has 0 aliphatic carbocycles. The smallest absolute Gasteiger partial charge is 0.229 e. The Morgan fingerprint density at radius 3 is 2.54 bits per heavy atom. The van der Waals surface area contributed by atoms with Gasteiger partial charge in [-0.3, -0.25) is 0 Å². The number of anilines is 3. The first kappa shape index (κ1) is 16.6. The fourth-order valence-electron chi connectivity index (χ4n) is 2.26. The molecule has 3 rings (SSSR count). The quantitative estimate of drug-likeness (QED) is 0.614. The molecule has 1 heterocycles. The molecule has 0 aliphatic rings. The topological polar surface area (TPSA) is 49.8 Å². The Morgan fingerprint density at radius 1 is 1.00 bits per heavy atom. The number of benzene rings is 2. The molecule has 0 aliphatic heterocycles. The molecule has 1 atom stereocenters. The third kappa shape index (κ3) is 4.16. The van der Waals surface area contributed by atoms with Crippen molar-refractivity contribution in [1.82, 2.24) is 9.97 Å². The average Bonchev–Trinajstić information content (AvgIpc) is 2.58. The summed E-state index contributed by atoms with van der Waals surface area (Å²) in [6.45, 7) is 2.08. The van der Waals surface area contributed by atoms with Crippen LogP contribution in [0.2, 0.25) is 10.0 Å². The van der Waals surface area contributed by atoms with E-state index in [0.717, 1.165) is 5.82 Å². The molecule has 4 nitrogen and oxygen atoms in total. The molecule has 6 heteroatoms. The van der Waals surface area contributed by atoms with E-state index in [2.05, 4.69) is 39.7 Å². The van der Waals surface area contributed by atoms with Crippen LogP contribution in [-0.4, -0.2) is 9.97 Å². The van der Waals surface area contributed by atoms with Gasteiger partial charge >= 0.3 is 0 Å². The van der Waals surface area contributed by atoms with Crippen LogP contribution >= 0.6 is 23.2 Å². The fraction of sp³-hybridized carbons (Fsp3) is 0.111. The summed E-state index contributed by atoms with van der Waals surface area (Å²) in [7, 11) is 0. The van der Waals surface area contributed by atoms with Crippen LogP contribution < -0.4 is 10.6 Å². The number of aromatic nitrogens is 2. The minimum atomic E-state index is 0.132. The summed E-state index contributed by atoms with van der Waals surface area (Å²) in [5, 5.41) is 7.56. The van der Waals surface area contributed by atoms with E-state index in [4.69, 9.17) is 23.2 Å². The van der Waals surface area contributed by atoms with Gasteiger partial charge in [0.2, 0.25) is 5.95 Å². The number of hydrogen-bond acceptors (Lipinski definition) is 4. The summed E-state index contributed by atoms with van der Waals surface area (Å²) in [5.41, 5.74) is 1.89. The first-order valence-corrected chi connectivity index (χ1v) is 8.24. The Kier molecular flexibility index (Phi) is 5.18. The van der Waals surface area contributed by atoms with Crippen LogP contribution in [0, 0.1) is 0 Å². The maximum absolute atomic E-state index is 6.17. The molecule has 1 unspecified atom stereocenters. The lowest BCUT2D eigenvalue weighted by Gasteiger charge is -2.15. The van der Waals surface area contributed by atoms with E-state index in [1.165, 1.54) is 5.56 Å². The highest BCUT2D eigenvalue weighted by Crippen LogP contribution is 2.27. The number of hydrogen-bond donors (Lipinski definition) is 2. The highest BCUT2D eigenvalue weighted by molar-refractivity contribution is 6.36. The third-order valence-corrected chi connectivity index (χ3v) is 4.04. The maximum atomic E-state index is 6.17. The summed E-state index contributed by atoms with van der Waals surface area (Å²) in [6.07, 6.45) is 1.69. The second-order valence-electron chi connectivity index (χ2n) is 5.29. The van der Waals surface area contributed by atoms with E-state index in [-0.39, 0.29) is 6.04 Å². The molecule has 24 heavy (non-hydrogen) atoms. The zero-order valence-electron chi connectivity index (χ0n) is 13.0. The van der Waals surface area contributed by atoms with Gasteiger partial charge < -0.3 is 10.6 Å². The monoisotopic (exact) mass is 358 g/mol. The van der Waals surface area contributed by atoms with Crippen molar-refractivity contribution in [3.8, 4) is 0 Å². The van der Waals surface area contributed by atoms with Gasteiger partial charge in [0, 0.05) is 17.3 Å². The Morgan fingerprint density at radius 2 is 1.79 bits per heavy atom. The molecule has 2 aromatic carbocycles. The first-order chi connectivity index (χ1) is 11.6. The van der Waals surface area contributed by atoms with Crippen LogP contribution in [0.3, 0.4) is 0 Å². The largest absolute Gasteiger partial charge is 0.363 e. The molecule has 3 aromatic rings. The lowest BCUT2D eigenvalue weighted by Crippen LogP contribution is -2.09. The Balaban J connectivity index is 1.74. The molecule has 122 valence electrons. The molecule has 0 radical (unpaired) electrons. The van der Waals surface area contributed by atoms with Gasteiger partial charge in [-0.05, 0) is 36.8 Å². The second-order valence-corrected chi connectivity index (χ2v) is 6.14. The summed E-state index contributed by atoms with van der Waals surface area (Å²) in [4.78, 5) is 8.70. The van der Waals surface area contributed by atoms with Crippen molar-refractivity contribution in [2.75, 3.05) is 10.6 Å². The van der Waals surface area contributed by atoms with Crippen molar-refractivity contribution in [1.29, 1.82) is 0 Å². The van der Waals surface area contributed by atoms with Crippen LogP contribution in [0.1, 0.15) is 18.5 Å². The Labute approximate surface area is 150 Å². The van der Waals surface area contributed by atoms with E-state index in [9.17, 15) is 0 Å². The molecular weight excluding hydrogens is 343 g/mol. The van der Waals surface area contributed by atoms with Gasteiger partial charge in [-0.1, -0.05) is 53.5 Å². The van der Waals surface area contributed by atoms with E-state index < -0.39 is 0 Å². The average molecular weight is 359 g/mol. The van der Waals surface area contributed by atoms with Crippen molar-refractivity contribution < 1.29 is 0 Å². The molecule has 0 saturated heterocycles. The molecule has 0 fully saturated rings. The second kappa shape index (κ2) is 7.51. The van der Waals surface area contributed by atoms with Gasteiger partial charge in [0.25, 0.3) is 0 Å². The predicted molar refractivity (Wildman–Crippen MR) is 100 cm³/mol. The van der Waals surface area contributed by atoms with Crippen molar-refractivity contribution in [3.63, 3.8) is 0 Å². The van der Waals surface area contributed by atoms with Gasteiger partial charge in [0.1, 0.15) is 5.82 Å². The number of rotatable bonds is 5. The fourth-order valence-corrected chi connectivity index (χ4v) is 2.71. The summed E-state index contributed by atoms with van der Waals surface area (Å²) in [6, 6.07) is 17.4. The Bertz CT molecular complexity index is 824. The van der Waals surface area contributed by atoms with Crippen LogP contribution in [0.25, 0.3) is 0 Å². The summed E-state index contributed by atoms with van der Waals surface area (Å²) in [5.74, 6) is 1.19. The minimum absolute atomic E-state index is 0.132. The van der Waals surface area contributed by atoms with Gasteiger partial charge in [-0.2, -0.15) is 4.98 Å². The highest BCUT2D eigenvalue weighted by atomic mass is 35.5. The standard InChI is InChI=1S/C18H16Cl2N4/c1-12(13-5-3-2-4-6-13)22-17-9-10-21-18(24-17)23-16-8-7-14(19)11-15(16)20/h2-12H,1H3,(H2,21,22,23,24). The normalized spacial score (nSPS) is 11.8. The molecular formula is C18H16Cl2N4. The SMILES string of the molecule is CC(Nc1ccnc(Nc2ccc(Cl)cc2Cl)n1)c1ccccc1. The number of nitrogens with zero attached hydrogens (tertiary/aromatic N) is 2. The zero-order valence-corrected chi connectivity index (χ0v) is 14.5. The van der Waals surface area contributed by atoms with Gasteiger partial charge in [-0.25, -0.2) is 4.98 Å². The van der Waals surface area contributed by atoms with Crippen molar-refractivity contribution in [2.45, 2.75) is 13.0 Å². The summed E-state index contributed by atoms with van der Waals surface area (Å²) >= 11 is 12.1. The molecule has 0 spiro atoms. The van der Waals surface area contributed by atoms with Crippen LogP contribution in [0.15, 0.2) is 60.8 Å². The molecule has 2 N–H and O–H groups in total. The van der Waals surface area contributed by atoms with Gasteiger partial charge in [-0.15, -0.1) is 0 Å². The van der Waals surface area contributed by atoms with E-state index in [1.807, 2.05) is 24.3 Å². The third-order valence-electron chi connectivity index (χ3n) is 3.50. The van der Waals surface area contributed by atoms with E-state index in [1.54, 1.807) is 24.4 Å².